The van der Waals surface area contributed by atoms with Crippen molar-refractivity contribution in [2.45, 2.75) is 19.8 Å². The number of nitrogens with zero attached hydrogens (tertiary/aromatic N) is 2. The minimum atomic E-state index is 0.930. The van der Waals surface area contributed by atoms with Gasteiger partial charge >= 0.3 is 0 Å². The molecule has 19 heavy (non-hydrogen) atoms. The van der Waals surface area contributed by atoms with Gasteiger partial charge in [0.2, 0.25) is 0 Å². The van der Waals surface area contributed by atoms with Crippen molar-refractivity contribution in [1.29, 1.82) is 0 Å². The fourth-order valence-corrected chi connectivity index (χ4v) is 3.78. The van der Waals surface area contributed by atoms with E-state index in [2.05, 4.69) is 28.8 Å². The molecule has 2 aromatic heterocycles. The molecule has 4 heteroatoms. The van der Waals surface area contributed by atoms with E-state index < -0.39 is 0 Å². The highest BCUT2D eigenvalue weighted by Gasteiger charge is 2.23. The quantitative estimate of drug-likeness (QED) is 0.677. The molecule has 2 heterocycles. The first-order valence-corrected chi connectivity index (χ1v) is 7.28. The van der Waals surface area contributed by atoms with Crippen LogP contribution in [0.2, 0.25) is 0 Å². The number of rotatable bonds is 1. The van der Waals surface area contributed by atoms with Gasteiger partial charge in [-0.15, -0.1) is 11.3 Å². The topological polar surface area (TPSA) is 26.5 Å². The van der Waals surface area contributed by atoms with Crippen molar-refractivity contribution in [3.8, 4) is 17.0 Å². The largest absolute Gasteiger partial charge is 0.497 e. The van der Waals surface area contributed by atoms with Crippen LogP contribution in [0, 0.1) is 6.92 Å². The van der Waals surface area contributed by atoms with Crippen molar-refractivity contribution in [3.05, 3.63) is 40.5 Å². The van der Waals surface area contributed by atoms with Crippen molar-refractivity contribution in [2.75, 3.05) is 7.11 Å². The molecule has 3 nitrogen and oxygen atoms in total. The first-order chi connectivity index (χ1) is 9.28. The van der Waals surface area contributed by atoms with E-state index >= 15 is 0 Å². The molecular weight excluding hydrogens is 256 g/mol. The third kappa shape index (κ3) is 1.46. The van der Waals surface area contributed by atoms with Gasteiger partial charge in [0, 0.05) is 16.6 Å². The summed E-state index contributed by atoms with van der Waals surface area (Å²) in [6, 6.07) is 6.30. The minimum Gasteiger partial charge on any atom is -0.497 e. The van der Waals surface area contributed by atoms with E-state index in [0.717, 1.165) is 29.2 Å². The highest BCUT2D eigenvalue weighted by Crippen LogP contribution is 2.36. The molecule has 0 atom stereocenters. The number of aryl methyl sites for hydroxylation is 3. The van der Waals surface area contributed by atoms with Crippen LogP contribution in [0.25, 0.3) is 16.2 Å². The molecule has 1 aliphatic rings. The standard InChI is InChI=1S/C15H14N2OS/c1-9-8-19-15-16-14-12-5-4-11(18-2)7-10(12)3-6-13(14)17(9)15/h4-5,7-8H,3,6H2,1-2H3. The van der Waals surface area contributed by atoms with Crippen LogP contribution in [0.1, 0.15) is 17.0 Å². The summed E-state index contributed by atoms with van der Waals surface area (Å²) in [5.74, 6) is 0.930. The van der Waals surface area contributed by atoms with Crippen LogP contribution in [-0.4, -0.2) is 16.5 Å². The lowest BCUT2D eigenvalue weighted by Gasteiger charge is -2.16. The van der Waals surface area contributed by atoms with E-state index in [1.807, 2.05) is 6.07 Å². The normalized spacial score (nSPS) is 13.4. The lowest BCUT2D eigenvalue weighted by molar-refractivity contribution is 0.414. The smallest absolute Gasteiger partial charge is 0.194 e. The number of methoxy groups -OCH3 is 1. The third-order valence-electron chi connectivity index (χ3n) is 3.83. The van der Waals surface area contributed by atoms with Crippen LogP contribution in [0.15, 0.2) is 23.6 Å². The molecule has 0 saturated heterocycles. The zero-order valence-electron chi connectivity index (χ0n) is 10.9. The van der Waals surface area contributed by atoms with Gasteiger partial charge in [0.1, 0.15) is 5.75 Å². The molecule has 0 fully saturated rings. The predicted octanol–water partition coefficient (Wildman–Crippen LogP) is 3.48. The second-order valence-electron chi connectivity index (χ2n) is 4.93. The Morgan fingerprint density at radius 2 is 2.21 bits per heavy atom. The van der Waals surface area contributed by atoms with E-state index in [1.54, 1.807) is 18.4 Å². The number of fused-ring (bicyclic) bond motifs is 5. The Labute approximate surface area is 115 Å². The van der Waals surface area contributed by atoms with Crippen LogP contribution in [0.3, 0.4) is 0 Å². The van der Waals surface area contributed by atoms with E-state index in [-0.39, 0.29) is 0 Å². The second kappa shape index (κ2) is 3.84. The Balaban J connectivity index is 1.99. The SMILES string of the molecule is COc1ccc2c(c1)CCc1c-2nc2scc(C)n12. The zero-order chi connectivity index (χ0) is 13.0. The summed E-state index contributed by atoms with van der Waals surface area (Å²) in [6.45, 7) is 2.15. The highest BCUT2D eigenvalue weighted by atomic mass is 32.1. The van der Waals surface area contributed by atoms with E-state index in [0.29, 0.717) is 0 Å². The first-order valence-electron chi connectivity index (χ1n) is 6.40. The van der Waals surface area contributed by atoms with Gasteiger partial charge in [-0.1, -0.05) is 0 Å². The van der Waals surface area contributed by atoms with Gasteiger partial charge in [0.05, 0.1) is 18.5 Å². The molecule has 0 unspecified atom stereocenters. The number of benzene rings is 1. The van der Waals surface area contributed by atoms with E-state index in [4.69, 9.17) is 9.72 Å². The molecule has 1 aliphatic carbocycles. The van der Waals surface area contributed by atoms with Gasteiger partial charge in [-0.3, -0.25) is 4.40 Å². The monoisotopic (exact) mass is 270 g/mol. The molecule has 0 radical (unpaired) electrons. The van der Waals surface area contributed by atoms with Gasteiger partial charge < -0.3 is 4.74 Å². The van der Waals surface area contributed by atoms with Gasteiger partial charge in [-0.05, 0) is 43.5 Å². The summed E-state index contributed by atoms with van der Waals surface area (Å²) in [5.41, 5.74) is 6.39. The molecule has 0 N–H and O–H groups in total. The number of ether oxygens (including phenoxy) is 1. The predicted molar refractivity (Wildman–Crippen MR) is 77.2 cm³/mol. The first kappa shape index (κ1) is 11.1. The Kier molecular flexibility index (Phi) is 2.23. The van der Waals surface area contributed by atoms with Crippen molar-refractivity contribution >= 4 is 16.3 Å². The fourth-order valence-electron chi connectivity index (χ4n) is 2.90. The van der Waals surface area contributed by atoms with Crippen LogP contribution in [0.4, 0.5) is 0 Å². The molecule has 96 valence electrons. The lowest BCUT2D eigenvalue weighted by atomic mass is 9.92. The number of imidazole rings is 1. The van der Waals surface area contributed by atoms with Crippen LogP contribution in [0.5, 0.6) is 5.75 Å². The average Bonchev–Trinajstić information content (AvgIpc) is 2.98. The lowest BCUT2D eigenvalue weighted by Crippen LogP contribution is -2.06. The Morgan fingerprint density at radius 1 is 1.32 bits per heavy atom. The molecule has 1 aromatic carbocycles. The second-order valence-corrected chi connectivity index (χ2v) is 5.76. The summed E-state index contributed by atoms with van der Waals surface area (Å²) in [6.07, 6.45) is 2.11. The maximum Gasteiger partial charge on any atom is 0.194 e. The molecule has 0 aliphatic heterocycles. The van der Waals surface area contributed by atoms with Crippen molar-refractivity contribution < 1.29 is 4.74 Å². The summed E-state index contributed by atoms with van der Waals surface area (Å²) < 4.78 is 7.61. The van der Waals surface area contributed by atoms with Crippen LogP contribution in [-0.2, 0) is 12.8 Å². The number of hydrogen-bond donors (Lipinski definition) is 0. The van der Waals surface area contributed by atoms with Gasteiger partial charge in [-0.2, -0.15) is 0 Å². The molecule has 3 aromatic rings. The molecule has 0 spiro atoms. The number of hydrogen-bond acceptors (Lipinski definition) is 3. The zero-order valence-corrected chi connectivity index (χ0v) is 11.8. The highest BCUT2D eigenvalue weighted by molar-refractivity contribution is 7.15. The van der Waals surface area contributed by atoms with Crippen molar-refractivity contribution in [2.24, 2.45) is 0 Å². The van der Waals surface area contributed by atoms with Crippen LogP contribution < -0.4 is 4.74 Å². The minimum absolute atomic E-state index is 0.930. The maximum atomic E-state index is 5.31. The molecule has 4 rings (SSSR count). The van der Waals surface area contributed by atoms with Gasteiger partial charge in [0.15, 0.2) is 4.96 Å². The summed E-state index contributed by atoms with van der Waals surface area (Å²) >= 11 is 1.72. The Morgan fingerprint density at radius 3 is 3.05 bits per heavy atom. The summed E-state index contributed by atoms with van der Waals surface area (Å²) in [7, 11) is 1.71. The molecular formula is C15H14N2OS. The van der Waals surface area contributed by atoms with E-state index in [9.17, 15) is 0 Å². The van der Waals surface area contributed by atoms with Gasteiger partial charge in [-0.25, -0.2) is 4.98 Å². The third-order valence-corrected chi connectivity index (χ3v) is 4.77. The van der Waals surface area contributed by atoms with Crippen LogP contribution >= 0.6 is 11.3 Å². The fraction of sp³-hybridized carbons (Fsp3) is 0.267. The molecule has 0 bridgehead atoms. The average molecular weight is 270 g/mol. The number of thiazole rings is 1. The Bertz CT molecular complexity index is 785. The summed E-state index contributed by atoms with van der Waals surface area (Å²) in [5, 5.41) is 2.17. The number of aromatic nitrogens is 2. The molecule has 0 saturated carbocycles. The van der Waals surface area contributed by atoms with Crippen molar-refractivity contribution in [3.63, 3.8) is 0 Å². The maximum absolute atomic E-state index is 5.31. The van der Waals surface area contributed by atoms with Crippen molar-refractivity contribution in [1.82, 2.24) is 9.38 Å². The molecule has 0 amide bonds. The van der Waals surface area contributed by atoms with Gasteiger partial charge in [0.25, 0.3) is 0 Å². The Hall–Kier alpha value is -1.81. The summed E-state index contributed by atoms with van der Waals surface area (Å²) in [4.78, 5) is 5.91. The van der Waals surface area contributed by atoms with E-state index in [1.165, 1.54) is 22.5 Å².